The number of sulfonamides is 1. The molecule has 2 saturated carbocycles. The van der Waals surface area contributed by atoms with Crippen LogP contribution < -0.4 is 24.8 Å². The second-order valence-corrected chi connectivity index (χ2v) is 19.8. The fourth-order valence-electron chi connectivity index (χ4n) is 8.51. The lowest BCUT2D eigenvalue weighted by atomic mass is 9.65. The SMILES string of the molecule is COc1ccc2nc(C)c3c(c2n1)C(F)CC1(CC2C(=O)NC4(C(=O)NS(=O)(=O)C5(C)CC5)CCC4C=CCCCCCC(NC(=O)OC(C)(C)C)C(=O)N2C1)O3. The van der Waals surface area contributed by atoms with Gasteiger partial charge in [0.25, 0.3) is 5.91 Å². The van der Waals surface area contributed by atoms with E-state index in [9.17, 15) is 27.6 Å². The maximum atomic E-state index is 16.8. The smallest absolute Gasteiger partial charge is 0.408 e. The fraction of sp³-hybridized carbons (Fsp3) is 0.650. The summed E-state index contributed by atoms with van der Waals surface area (Å²) in [6, 6.07) is 0.915. The number of alkyl halides is 1. The van der Waals surface area contributed by atoms with E-state index >= 15 is 4.39 Å². The Bertz CT molecular complexity index is 2120. The van der Waals surface area contributed by atoms with E-state index in [1.807, 2.05) is 12.2 Å². The van der Waals surface area contributed by atoms with Crippen LogP contribution in [0.5, 0.6) is 11.6 Å². The second kappa shape index (κ2) is 14.7. The number of aromatic nitrogens is 2. The minimum Gasteiger partial charge on any atom is -0.483 e. The lowest BCUT2D eigenvalue weighted by Gasteiger charge is -2.48. The summed E-state index contributed by atoms with van der Waals surface area (Å²) in [5.41, 5.74) is -2.61. The van der Waals surface area contributed by atoms with Crippen LogP contribution in [-0.4, -0.2) is 94.3 Å². The number of allylic oxidation sites excluding steroid dienone is 1. The largest absolute Gasteiger partial charge is 0.483 e. The van der Waals surface area contributed by atoms with Crippen molar-refractivity contribution in [2.45, 2.75) is 145 Å². The molecule has 3 aliphatic heterocycles. The van der Waals surface area contributed by atoms with Crippen LogP contribution in [0.4, 0.5) is 9.18 Å². The first kappa shape index (κ1) is 40.6. The highest BCUT2D eigenvalue weighted by atomic mass is 32.2. The molecule has 2 aromatic rings. The van der Waals surface area contributed by atoms with E-state index in [2.05, 4.69) is 25.3 Å². The molecule has 5 heterocycles. The van der Waals surface area contributed by atoms with Gasteiger partial charge in [0.1, 0.15) is 46.3 Å². The lowest BCUT2D eigenvalue weighted by Crippen LogP contribution is -2.70. The number of alkyl carbamates (subject to hydrolysis) is 1. The van der Waals surface area contributed by atoms with Crippen molar-refractivity contribution < 1.29 is 46.2 Å². The molecule has 15 nitrogen and oxygen atoms in total. The highest BCUT2D eigenvalue weighted by Gasteiger charge is 2.60. The number of carbonyl (C=O) groups is 4. The molecule has 1 spiro atoms. The quantitative estimate of drug-likeness (QED) is 0.353. The zero-order chi connectivity index (χ0) is 41.1. The number of nitrogens with zero attached hydrogens (tertiary/aromatic N) is 3. The van der Waals surface area contributed by atoms with Crippen LogP contribution in [0.1, 0.15) is 116 Å². The Morgan fingerprint density at radius 1 is 1.07 bits per heavy atom. The van der Waals surface area contributed by atoms with Gasteiger partial charge in [-0.05, 0) is 85.6 Å². The van der Waals surface area contributed by atoms with Crippen molar-refractivity contribution in [1.82, 2.24) is 30.2 Å². The number of amides is 4. The van der Waals surface area contributed by atoms with E-state index < -0.39 is 79.5 Å². The van der Waals surface area contributed by atoms with Crippen LogP contribution in [0.3, 0.4) is 0 Å². The zero-order valence-corrected chi connectivity index (χ0v) is 34.2. The van der Waals surface area contributed by atoms with Crippen molar-refractivity contribution in [3.8, 4) is 11.6 Å². The Hall–Kier alpha value is -4.54. The van der Waals surface area contributed by atoms with Crippen molar-refractivity contribution in [1.29, 1.82) is 0 Å². The number of rotatable bonds is 5. The average Bonchev–Trinajstić information content (AvgIpc) is 3.79. The molecule has 17 heteroatoms. The van der Waals surface area contributed by atoms with Crippen LogP contribution in [0.15, 0.2) is 24.3 Å². The first-order valence-corrected chi connectivity index (χ1v) is 21.3. The van der Waals surface area contributed by atoms with Gasteiger partial charge < -0.3 is 29.7 Å². The number of pyridine rings is 2. The van der Waals surface area contributed by atoms with E-state index in [1.54, 1.807) is 46.8 Å². The number of ether oxygens (including phenoxy) is 3. The summed E-state index contributed by atoms with van der Waals surface area (Å²) in [4.78, 5) is 67.2. The predicted octanol–water partition coefficient (Wildman–Crippen LogP) is 4.76. The molecule has 57 heavy (non-hydrogen) atoms. The van der Waals surface area contributed by atoms with Crippen LogP contribution in [-0.2, 0) is 29.1 Å². The van der Waals surface area contributed by atoms with Gasteiger partial charge in [-0.15, -0.1) is 0 Å². The van der Waals surface area contributed by atoms with Gasteiger partial charge in [-0.3, -0.25) is 19.1 Å². The molecule has 0 aromatic carbocycles. The van der Waals surface area contributed by atoms with Gasteiger partial charge in [0, 0.05) is 24.8 Å². The summed E-state index contributed by atoms with van der Waals surface area (Å²) in [5.74, 6) is -2.26. The van der Waals surface area contributed by atoms with Crippen molar-refractivity contribution in [3.05, 3.63) is 35.5 Å². The summed E-state index contributed by atoms with van der Waals surface area (Å²) >= 11 is 0. The highest BCUT2D eigenvalue weighted by molar-refractivity contribution is 7.91. The number of fused-ring (bicyclic) bond motifs is 5. The maximum absolute atomic E-state index is 16.8. The van der Waals surface area contributed by atoms with Gasteiger partial charge in [0.2, 0.25) is 27.7 Å². The summed E-state index contributed by atoms with van der Waals surface area (Å²) in [6.07, 6.45) is 5.34. The summed E-state index contributed by atoms with van der Waals surface area (Å²) < 4.78 is 62.1. The molecule has 0 radical (unpaired) electrons. The third kappa shape index (κ3) is 7.75. The number of nitrogens with one attached hydrogen (secondary N) is 3. The van der Waals surface area contributed by atoms with Crippen LogP contribution in [0.2, 0.25) is 0 Å². The van der Waals surface area contributed by atoms with Crippen molar-refractivity contribution in [2.24, 2.45) is 5.92 Å². The number of hydrogen-bond donors (Lipinski definition) is 3. The lowest BCUT2D eigenvalue weighted by molar-refractivity contribution is -0.144. The third-order valence-corrected chi connectivity index (χ3v) is 14.3. The van der Waals surface area contributed by atoms with E-state index in [-0.39, 0.29) is 54.9 Å². The Morgan fingerprint density at radius 2 is 1.82 bits per heavy atom. The normalized spacial score (nSPS) is 30.0. The third-order valence-electron chi connectivity index (χ3n) is 12.1. The van der Waals surface area contributed by atoms with E-state index in [0.29, 0.717) is 49.7 Å². The van der Waals surface area contributed by atoms with Gasteiger partial charge in [-0.1, -0.05) is 25.0 Å². The molecule has 6 unspecified atom stereocenters. The standard InChI is InChI=1S/C40H53FN6O9S/c1-23-32-30(31-26(42-23)14-15-29(44-31)54-6)25(41)20-39(55-32)21-28-33(48)45-40(35(50)46-57(52,53)38(5)18-19-38)17-16-24(40)12-10-8-7-9-11-13-27(34(49)47(28)22-39)43-36(51)56-37(2,3)4/h10,12,14-15,24-25,27-28H,7-9,11,13,16-22H2,1-6H3,(H,43,51)(H,45,48)(H,46,50). The topological polar surface area (TPSA) is 195 Å². The zero-order valence-electron chi connectivity index (χ0n) is 33.4. The van der Waals surface area contributed by atoms with Gasteiger partial charge in [-0.2, -0.15) is 0 Å². The molecule has 6 atom stereocenters. The van der Waals surface area contributed by atoms with Crippen LogP contribution >= 0.6 is 0 Å². The fourth-order valence-corrected chi connectivity index (χ4v) is 9.82. The predicted molar refractivity (Wildman–Crippen MR) is 206 cm³/mol. The van der Waals surface area contributed by atoms with Gasteiger partial charge in [0.05, 0.1) is 35.2 Å². The number of hydrogen-bond acceptors (Lipinski definition) is 11. The molecule has 1 saturated heterocycles. The second-order valence-electron chi connectivity index (χ2n) is 17.6. The summed E-state index contributed by atoms with van der Waals surface area (Å²) in [6.45, 7) is 8.14. The summed E-state index contributed by atoms with van der Waals surface area (Å²) in [5, 5.41) is 5.64. The molecule has 4 amide bonds. The monoisotopic (exact) mass is 812 g/mol. The molecule has 3 fully saturated rings. The molecular formula is C40H53FN6O9S. The minimum atomic E-state index is -4.06. The number of halogens is 1. The van der Waals surface area contributed by atoms with Gasteiger partial charge in [-0.25, -0.2) is 27.6 Å². The van der Waals surface area contributed by atoms with Gasteiger partial charge in [0.15, 0.2) is 0 Å². The molecular weight excluding hydrogens is 760 g/mol. The molecule has 310 valence electrons. The summed E-state index contributed by atoms with van der Waals surface area (Å²) in [7, 11) is -2.60. The van der Waals surface area contributed by atoms with Gasteiger partial charge >= 0.3 is 6.09 Å². The van der Waals surface area contributed by atoms with Crippen molar-refractivity contribution >= 4 is 44.9 Å². The Labute approximate surface area is 332 Å². The van der Waals surface area contributed by atoms with Crippen molar-refractivity contribution in [2.75, 3.05) is 13.7 Å². The molecule has 3 N–H and O–H groups in total. The Morgan fingerprint density at radius 3 is 2.49 bits per heavy atom. The van der Waals surface area contributed by atoms with Crippen LogP contribution in [0, 0.1) is 12.8 Å². The van der Waals surface area contributed by atoms with E-state index in [1.165, 1.54) is 12.0 Å². The number of carbonyl (C=O) groups excluding carboxylic acids is 4. The Kier molecular flexibility index (Phi) is 10.5. The first-order valence-electron chi connectivity index (χ1n) is 19.8. The number of methoxy groups -OCH3 is 1. The van der Waals surface area contributed by atoms with Crippen LogP contribution in [0.25, 0.3) is 11.0 Å². The first-order chi connectivity index (χ1) is 26.8. The van der Waals surface area contributed by atoms with E-state index in [4.69, 9.17) is 14.2 Å². The minimum absolute atomic E-state index is 0.153. The average molecular weight is 813 g/mol. The molecule has 2 aromatic heterocycles. The molecule has 0 bridgehead atoms. The molecule has 7 rings (SSSR count). The molecule has 2 aliphatic carbocycles. The maximum Gasteiger partial charge on any atom is 0.408 e. The van der Waals surface area contributed by atoms with E-state index in [0.717, 1.165) is 6.42 Å². The highest BCUT2D eigenvalue weighted by Crippen LogP contribution is 2.51. The van der Waals surface area contributed by atoms with Crippen molar-refractivity contribution in [3.63, 3.8) is 0 Å². The number of aryl methyl sites for hydroxylation is 1. The molecule has 5 aliphatic rings. The Balaban J connectivity index is 1.27.